The predicted molar refractivity (Wildman–Crippen MR) is 127 cm³/mol. The maximum Gasteiger partial charge on any atom is 0.127 e. The lowest BCUT2D eigenvalue weighted by molar-refractivity contribution is 0.467. The van der Waals surface area contributed by atoms with Gasteiger partial charge in [-0.15, -0.1) is 0 Å². The average molecular weight is 445 g/mol. The van der Waals surface area contributed by atoms with Crippen LogP contribution in [0.1, 0.15) is 75.3 Å². The zero-order valence-electron chi connectivity index (χ0n) is 18.6. The Morgan fingerprint density at radius 3 is 1.25 bits per heavy atom. The Hall–Kier alpha value is -2.76. The highest BCUT2D eigenvalue weighted by molar-refractivity contribution is 5.83. The van der Waals surface area contributed by atoms with E-state index in [-0.39, 0.29) is 11.5 Å². The minimum Gasteiger partial charge on any atom is -0.507 e. The monoisotopic (exact) mass is 444 g/mol. The SMILES string of the molecule is Oc1cc(F)ccc1/C=N/CCCCCCCCCCCC/N=C/c1ccc(F)cc1O. The Morgan fingerprint density at radius 1 is 0.562 bits per heavy atom. The molecule has 0 amide bonds. The van der Waals surface area contributed by atoms with Crippen LogP contribution in [-0.4, -0.2) is 35.7 Å². The van der Waals surface area contributed by atoms with Gasteiger partial charge in [-0.3, -0.25) is 9.98 Å². The molecule has 0 aliphatic heterocycles. The van der Waals surface area contributed by atoms with Gasteiger partial charge in [-0.1, -0.05) is 51.4 Å². The van der Waals surface area contributed by atoms with Gasteiger partial charge in [-0.25, -0.2) is 8.78 Å². The number of hydrogen-bond donors (Lipinski definition) is 2. The molecule has 4 nitrogen and oxygen atoms in total. The molecule has 0 spiro atoms. The number of nitrogens with zero attached hydrogens (tertiary/aromatic N) is 2. The van der Waals surface area contributed by atoms with Gasteiger partial charge in [0.05, 0.1) is 0 Å². The van der Waals surface area contributed by atoms with Gasteiger partial charge in [0.2, 0.25) is 0 Å². The molecule has 0 bridgehead atoms. The fourth-order valence-corrected chi connectivity index (χ4v) is 3.40. The summed E-state index contributed by atoms with van der Waals surface area (Å²) in [7, 11) is 0. The number of phenols is 2. The highest BCUT2D eigenvalue weighted by Gasteiger charge is 2.00. The quantitative estimate of drug-likeness (QED) is 0.234. The summed E-state index contributed by atoms with van der Waals surface area (Å²) in [6.07, 6.45) is 15.0. The Labute approximate surface area is 189 Å². The van der Waals surface area contributed by atoms with Crippen LogP contribution in [0.4, 0.5) is 8.78 Å². The van der Waals surface area contributed by atoms with Crippen molar-refractivity contribution in [3.05, 3.63) is 59.2 Å². The van der Waals surface area contributed by atoms with E-state index in [9.17, 15) is 19.0 Å². The summed E-state index contributed by atoms with van der Waals surface area (Å²) in [4.78, 5) is 8.60. The van der Waals surface area contributed by atoms with Crippen LogP contribution in [-0.2, 0) is 0 Å². The fourth-order valence-electron chi connectivity index (χ4n) is 3.40. The predicted octanol–water partition coefficient (Wildman–Crippen LogP) is 6.82. The van der Waals surface area contributed by atoms with Crippen LogP contribution in [0, 0.1) is 11.6 Å². The second kappa shape index (κ2) is 15.1. The molecule has 0 aliphatic carbocycles. The van der Waals surface area contributed by atoms with Gasteiger partial charge in [-0.2, -0.15) is 0 Å². The molecule has 32 heavy (non-hydrogen) atoms. The van der Waals surface area contributed by atoms with Gasteiger partial charge in [-0.05, 0) is 37.1 Å². The zero-order valence-corrected chi connectivity index (χ0v) is 18.6. The molecule has 0 aromatic heterocycles. The largest absolute Gasteiger partial charge is 0.507 e. The molecule has 2 N–H and O–H groups in total. The summed E-state index contributed by atoms with van der Waals surface area (Å²) in [6.45, 7) is 1.44. The lowest BCUT2D eigenvalue weighted by Crippen LogP contribution is -1.88. The molecule has 0 aliphatic rings. The highest BCUT2D eigenvalue weighted by atomic mass is 19.1. The first kappa shape index (κ1) is 25.5. The Balaban J connectivity index is 1.38. The van der Waals surface area contributed by atoms with E-state index < -0.39 is 11.6 Å². The minimum atomic E-state index is -0.450. The van der Waals surface area contributed by atoms with Crippen molar-refractivity contribution in [2.24, 2.45) is 9.98 Å². The Kier molecular flexibility index (Phi) is 12.0. The molecule has 6 heteroatoms. The van der Waals surface area contributed by atoms with E-state index in [0.29, 0.717) is 11.1 Å². The first-order valence-corrected chi connectivity index (χ1v) is 11.5. The van der Waals surface area contributed by atoms with E-state index in [1.807, 2.05) is 0 Å². The van der Waals surface area contributed by atoms with Crippen molar-refractivity contribution in [3.8, 4) is 11.5 Å². The molecular formula is C26H34F2N2O2. The van der Waals surface area contributed by atoms with E-state index in [1.165, 1.54) is 62.8 Å². The van der Waals surface area contributed by atoms with E-state index in [0.717, 1.165) is 50.9 Å². The maximum absolute atomic E-state index is 12.9. The Morgan fingerprint density at radius 2 is 0.906 bits per heavy atom. The smallest absolute Gasteiger partial charge is 0.127 e. The van der Waals surface area contributed by atoms with E-state index >= 15 is 0 Å². The van der Waals surface area contributed by atoms with Gasteiger partial charge in [0.15, 0.2) is 0 Å². The number of benzene rings is 2. The maximum atomic E-state index is 12.9. The van der Waals surface area contributed by atoms with Crippen LogP contribution in [0.3, 0.4) is 0 Å². The van der Waals surface area contributed by atoms with E-state index in [1.54, 1.807) is 12.4 Å². The lowest BCUT2D eigenvalue weighted by atomic mass is 10.1. The summed E-state index contributed by atoms with van der Waals surface area (Å²) in [5.74, 6) is -1.05. The topological polar surface area (TPSA) is 65.2 Å². The fraction of sp³-hybridized carbons (Fsp3) is 0.462. The zero-order chi connectivity index (χ0) is 23.0. The van der Waals surface area contributed by atoms with Crippen molar-refractivity contribution in [1.82, 2.24) is 0 Å². The molecule has 0 saturated carbocycles. The highest BCUT2D eigenvalue weighted by Crippen LogP contribution is 2.17. The Bertz CT molecular complexity index is 797. The summed E-state index contributed by atoms with van der Waals surface area (Å²) < 4.78 is 25.8. The van der Waals surface area contributed by atoms with Crippen molar-refractivity contribution in [2.45, 2.75) is 64.2 Å². The molecule has 0 atom stereocenters. The molecule has 0 saturated heterocycles. The number of halogens is 2. The molecule has 174 valence electrons. The van der Waals surface area contributed by atoms with Gasteiger partial charge < -0.3 is 10.2 Å². The van der Waals surface area contributed by atoms with Crippen molar-refractivity contribution in [1.29, 1.82) is 0 Å². The number of hydrogen-bond acceptors (Lipinski definition) is 4. The van der Waals surface area contributed by atoms with Crippen molar-refractivity contribution in [3.63, 3.8) is 0 Å². The third-order valence-corrected chi connectivity index (χ3v) is 5.27. The second-order valence-electron chi connectivity index (χ2n) is 8.01. The molecule has 2 aromatic rings. The van der Waals surface area contributed by atoms with Crippen LogP contribution in [0.15, 0.2) is 46.4 Å². The van der Waals surface area contributed by atoms with Crippen LogP contribution >= 0.6 is 0 Å². The lowest BCUT2D eigenvalue weighted by Gasteiger charge is -2.02. The second-order valence-corrected chi connectivity index (χ2v) is 8.01. The standard InChI is InChI=1S/C26H34F2N2O2/c27-23-13-11-21(25(31)17-23)19-29-15-9-7-5-3-1-2-4-6-8-10-16-30-20-22-12-14-24(28)18-26(22)32/h11-14,17-20,31-32H,1-10,15-16H2/b29-19+,30-20+. The van der Waals surface area contributed by atoms with Gasteiger partial charge in [0.25, 0.3) is 0 Å². The number of rotatable bonds is 15. The molecule has 0 unspecified atom stereocenters. The van der Waals surface area contributed by atoms with Crippen molar-refractivity contribution in [2.75, 3.05) is 13.1 Å². The van der Waals surface area contributed by atoms with Crippen molar-refractivity contribution < 1.29 is 19.0 Å². The number of unbranched alkanes of at least 4 members (excludes halogenated alkanes) is 9. The number of aromatic hydroxyl groups is 2. The van der Waals surface area contributed by atoms with E-state index in [4.69, 9.17) is 0 Å². The molecule has 0 fully saturated rings. The first-order valence-electron chi connectivity index (χ1n) is 11.5. The molecule has 2 aromatic carbocycles. The molecule has 2 rings (SSSR count). The number of aliphatic imine (C=N–C) groups is 2. The number of phenolic OH excluding ortho intramolecular Hbond substituents is 2. The molecule has 0 heterocycles. The van der Waals surface area contributed by atoms with Crippen LogP contribution < -0.4 is 0 Å². The molecular weight excluding hydrogens is 410 g/mol. The molecule has 0 radical (unpaired) electrons. The van der Waals surface area contributed by atoms with Gasteiger partial charge >= 0.3 is 0 Å². The first-order chi connectivity index (χ1) is 15.6. The van der Waals surface area contributed by atoms with Gasteiger partial charge in [0, 0.05) is 48.8 Å². The van der Waals surface area contributed by atoms with Gasteiger partial charge in [0.1, 0.15) is 23.1 Å². The van der Waals surface area contributed by atoms with Crippen molar-refractivity contribution >= 4 is 12.4 Å². The van der Waals surface area contributed by atoms with E-state index in [2.05, 4.69) is 9.98 Å². The normalized spacial score (nSPS) is 11.7. The summed E-state index contributed by atoms with van der Waals surface area (Å²) in [6, 6.07) is 7.88. The van der Waals surface area contributed by atoms with Crippen LogP contribution in [0.2, 0.25) is 0 Å². The summed E-state index contributed by atoms with van der Waals surface area (Å²) in [5.41, 5.74) is 1.09. The summed E-state index contributed by atoms with van der Waals surface area (Å²) >= 11 is 0. The average Bonchev–Trinajstić information content (AvgIpc) is 2.76. The minimum absolute atomic E-state index is 0.0771. The third-order valence-electron chi connectivity index (χ3n) is 5.27. The summed E-state index contributed by atoms with van der Waals surface area (Å²) in [5, 5.41) is 19.2. The van der Waals surface area contributed by atoms with Crippen LogP contribution in [0.25, 0.3) is 0 Å². The van der Waals surface area contributed by atoms with Crippen LogP contribution in [0.5, 0.6) is 11.5 Å². The third kappa shape index (κ3) is 10.5.